The van der Waals surface area contributed by atoms with Gasteiger partial charge in [0.1, 0.15) is 11.6 Å². The molecule has 2 N–H and O–H groups in total. The van der Waals surface area contributed by atoms with E-state index in [1.165, 1.54) is 6.42 Å². The van der Waals surface area contributed by atoms with Crippen LogP contribution >= 0.6 is 11.6 Å². The van der Waals surface area contributed by atoms with E-state index in [1.807, 2.05) is 31.0 Å². The van der Waals surface area contributed by atoms with Crippen LogP contribution in [0.2, 0.25) is 5.02 Å². The summed E-state index contributed by atoms with van der Waals surface area (Å²) in [5.74, 6) is -0.189. The Bertz CT molecular complexity index is 925. The second-order valence-electron chi connectivity index (χ2n) is 11.6. The summed E-state index contributed by atoms with van der Waals surface area (Å²) in [5.41, 5.74) is 3.18. The standard InChI is InChI=1S/C28H43ClN4O4/c1-19(2)26(35)33(22-9-7-6-8-10-22)23-15-16-32(18-23)31-25(34)24(30-27(36)37-28(3,4)5)17-20-11-13-21(29)14-12-20/h11-14,19,22-24H,6-10,15-18H2,1-5H3,(H,30,36)(H,31,34)/t23-,24-/m1/s1. The molecule has 1 saturated carbocycles. The van der Waals surface area contributed by atoms with E-state index < -0.39 is 17.7 Å². The predicted octanol–water partition coefficient (Wildman–Crippen LogP) is 4.70. The lowest BCUT2D eigenvalue weighted by Crippen LogP contribution is -2.55. The number of nitrogens with one attached hydrogen (secondary N) is 2. The largest absolute Gasteiger partial charge is 0.444 e. The Hall–Kier alpha value is -2.32. The van der Waals surface area contributed by atoms with Crippen molar-refractivity contribution < 1.29 is 19.1 Å². The molecular formula is C28H43ClN4O4. The van der Waals surface area contributed by atoms with Gasteiger partial charge in [0.2, 0.25) is 5.91 Å². The summed E-state index contributed by atoms with van der Waals surface area (Å²) in [4.78, 5) is 41.2. The lowest BCUT2D eigenvalue weighted by molar-refractivity contribution is -0.140. The van der Waals surface area contributed by atoms with E-state index in [9.17, 15) is 14.4 Å². The molecule has 37 heavy (non-hydrogen) atoms. The average Bonchev–Trinajstić information content (AvgIpc) is 3.27. The van der Waals surface area contributed by atoms with Crippen molar-refractivity contribution in [3.63, 3.8) is 0 Å². The Labute approximate surface area is 226 Å². The molecule has 2 aliphatic rings. The summed E-state index contributed by atoms with van der Waals surface area (Å²) >= 11 is 6.01. The van der Waals surface area contributed by atoms with Crippen molar-refractivity contribution in [1.29, 1.82) is 0 Å². The maximum absolute atomic E-state index is 13.4. The molecule has 0 radical (unpaired) electrons. The average molecular weight is 535 g/mol. The molecule has 2 fully saturated rings. The second-order valence-corrected chi connectivity index (χ2v) is 12.0. The van der Waals surface area contributed by atoms with Crippen LogP contribution in [-0.4, -0.2) is 64.6 Å². The molecule has 2 atom stereocenters. The van der Waals surface area contributed by atoms with Crippen molar-refractivity contribution in [2.75, 3.05) is 13.1 Å². The molecule has 3 rings (SSSR count). The van der Waals surface area contributed by atoms with Crippen LogP contribution in [-0.2, 0) is 20.7 Å². The zero-order chi connectivity index (χ0) is 27.2. The van der Waals surface area contributed by atoms with Crippen LogP contribution in [0.25, 0.3) is 0 Å². The van der Waals surface area contributed by atoms with Gasteiger partial charge in [-0.3, -0.25) is 15.0 Å². The maximum atomic E-state index is 13.4. The molecule has 1 aromatic carbocycles. The minimum Gasteiger partial charge on any atom is -0.444 e. The third kappa shape index (κ3) is 8.88. The van der Waals surface area contributed by atoms with Gasteiger partial charge in [0.25, 0.3) is 5.91 Å². The number of nitrogens with zero attached hydrogens (tertiary/aromatic N) is 2. The van der Waals surface area contributed by atoms with Crippen molar-refractivity contribution in [3.8, 4) is 0 Å². The Kier molecular flexibility index (Phi) is 10.2. The molecule has 0 bridgehead atoms. The number of carbonyl (C=O) groups is 3. The number of benzene rings is 1. The van der Waals surface area contributed by atoms with E-state index in [2.05, 4.69) is 15.6 Å². The quantitative estimate of drug-likeness (QED) is 0.504. The first-order valence-electron chi connectivity index (χ1n) is 13.5. The SMILES string of the molecule is CC(C)C(=O)N(C1CCCCC1)[C@@H]1CCN(NC(=O)[C@@H](Cc2ccc(Cl)cc2)NC(=O)OC(C)(C)C)C1. The van der Waals surface area contributed by atoms with Crippen molar-refractivity contribution in [2.24, 2.45) is 5.92 Å². The van der Waals surface area contributed by atoms with Crippen LogP contribution in [0.5, 0.6) is 0 Å². The molecule has 1 aliphatic heterocycles. The highest BCUT2D eigenvalue weighted by atomic mass is 35.5. The summed E-state index contributed by atoms with van der Waals surface area (Å²) in [6.45, 7) is 10.5. The Morgan fingerprint density at radius 1 is 1.05 bits per heavy atom. The number of hydrazine groups is 1. The first kappa shape index (κ1) is 29.2. The molecule has 1 aromatic rings. The second kappa shape index (κ2) is 13.0. The third-order valence-electron chi connectivity index (χ3n) is 6.90. The van der Waals surface area contributed by atoms with Gasteiger partial charge < -0.3 is 15.0 Å². The van der Waals surface area contributed by atoms with Gasteiger partial charge in [0, 0.05) is 42.5 Å². The molecule has 9 heteroatoms. The van der Waals surface area contributed by atoms with Gasteiger partial charge in [-0.1, -0.05) is 56.8 Å². The van der Waals surface area contributed by atoms with Crippen LogP contribution in [0.1, 0.15) is 78.7 Å². The van der Waals surface area contributed by atoms with Crippen molar-refractivity contribution in [3.05, 3.63) is 34.9 Å². The van der Waals surface area contributed by atoms with Gasteiger partial charge in [-0.05, 0) is 57.7 Å². The summed E-state index contributed by atoms with van der Waals surface area (Å²) in [6.07, 6.45) is 6.08. The zero-order valence-electron chi connectivity index (χ0n) is 22.9. The van der Waals surface area contributed by atoms with E-state index in [-0.39, 0.29) is 29.8 Å². The molecule has 1 saturated heterocycles. The Morgan fingerprint density at radius 2 is 1.70 bits per heavy atom. The van der Waals surface area contributed by atoms with E-state index in [0.29, 0.717) is 24.5 Å². The van der Waals surface area contributed by atoms with Crippen molar-refractivity contribution >= 4 is 29.5 Å². The number of hydrogen-bond acceptors (Lipinski definition) is 5. The van der Waals surface area contributed by atoms with Crippen LogP contribution < -0.4 is 10.7 Å². The molecule has 8 nitrogen and oxygen atoms in total. The van der Waals surface area contributed by atoms with Gasteiger partial charge in [-0.2, -0.15) is 0 Å². The van der Waals surface area contributed by atoms with Crippen LogP contribution in [0, 0.1) is 5.92 Å². The normalized spacial score (nSPS) is 19.9. The third-order valence-corrected chi connectivity index (χ3v) is 7.15. The van der Waals surface area contributed by atoms with Gasteiger partial charge in [-0.25, -0.2) is 9.80 Å². The predicted molar refractivity (Wildman–Crippen MR) is 145 cm³/mol. The van der Waals surface area contributed by atoms with Crippen LogP contribution in [0.15, 0.2) is 24.3 Å². The number of halogens is 1. The minimum atomic E-state index is -0.832. The first-order chi connectivity index (χ1) is 17.4. The monoisotopic (exact) mass is 534 g/mol. The van der Waals surface area contributed by atoms with Crippen molar-refractivity contribution in [1.82, 2.24) is 20.7 Å². The number of alkyl carbamates (subject to hydrolysis) is 1. The van der Waals surface area contributed by atoms with E-state index in [1.54, 1.807) is 32.9 Å². The minimum absolute atomic E-state index is 0.0619. The van der Waals surface area contributed by atoms with Crippen molar-refractivity contribution in [2.45, 2.75) is 103 Å². The van der Waals surface area contributed by atoms with E-state index >= 15 is 0 Å². The molecule has 206 valence electrons. The molecule has 0 aromatic heterocycles. The van der Waals surface area contributed by atoms with Gasteiger partial charge >= 0.3 is 6.09 Å². The number of hydrogen-bond donors (Lipinski definition) is 2. The fourth-order valence-electron chi connectivity index (χ4n) is 5.13. The number of rotatable bonds is 8. The summed E-state index contributed by atoms with van der Waals surface area (Å²) < 4.78 is 5.40. The van der Waals surface area contributed by atoms with E-state index in [4.69, 9.17) is 16.3 Å². The summed E-state index contributed by atoms with van der Waals surface area (Å²) in [7, 11) is 0. The lowest BCUT2D eigenvalue weighted by atomic mass is 9.92. The highest BCUT2D eigenvalue weighted by Crippen LogP contribution is 2.28. The number of ether oxygens (including phenoxy) is 1. The highest BCUT2D eigenvalue weighted by molar-refractivity contribution is 6.30. The van der Waals surface area contributed by atoms with Gasteiger partial charge in [0.05, 0.1) is 0 Å². The highest BCUT2D eigenvalue weighted by Gasteiger charge is 2.37. The maximum Gasteiger partial charge on any atom is 0.408 e. The molecule has 0 spiro atoms. The number of amides is 3. The zero-order valence-corrected chi connectivity index (χ0v) is 23.6. The molecule has 1 aliphatic carbocycles. The lowest BCUT2D eigenvalue weighted by Gasteiger charge is -2.39. The molecular weight excluding hydrogens is 492 g/mol. The van der Waals surface area contributed by atoms with Crippen LogP contribution in [0.4, 0.5) is 4.79 Å². The number of carbonyl (C=O) groups excluding carboxylic acids is 3. The topological polar surface area (TPSA) is 91.0 Å². The fourth-order valence-corrected chi connectivity index (χ4v) is 5.26. The Morgan fingerprint density at radius 3 is 2.30 bits per heavy atom. The van der Waals surface area contributed by atoms with Gasteiger partial charge in [0.15, 0.2) is 0 Å². The smallest absolute Gasteiger partial charge is 0.408 e. The fraction of sp³-hybridized carbons (Fsp3) is 0.679. The Balaban J connectivity index is 1.68. The molecule has 1 heterocycles. The summed E-state index contributed by atoms with van der Waals surface area (Å²) in [6, 6.07) is 6.70. The van der Waals surface area contributed by atoms with E-state index in [0.717, 1.165) is 37.7 Å². The van der Waals surface area contributed by atoms with Crippen LogP contribution in [0.3, 0.4) is 0 Å². The molecule has 0 unspecified atom stereocenters. The molecule has 3 amide bonds. The summed E-state index contributed by atoms with van der Waals surface area (Å²) in [5, 5.41) is 5.21. The van der Waals surface area contributed by atoms with Gasteiger partial charge in [-0.15, -0.1) is 0 Å². The first-order valence-corrected chi connectivity index (χ1v) is 13.9.